The lowest BCUT2D eigenvalue weighted by molar-refractivity contribution is 0.534. The molecule has 0 aliphatic rings. The van der Waals surface area contributed by atoms with Gasteiger partial charge in [0.05, 0.1) is 0 Å². The molecule has 0 bridgehead atoms. The first-order chi connectivity index (χ1) is 8.38. The Labute approximate surface area is 116 Å². The van der Waals surface area contributed by atoms with Crippen molar-refractivity contribution in [3.8, 4) is 0 Å². The number of halogens is 2. The van der Waals surface area contributed by atoms with E-state index in [1.807, 2.05) is 0 Å². The van der Waals surface area contributed by atoms with Gasteiger partial charge in [0.25, 0.3) is 10.0 Å². The fraction of sp³-hybridized carbons (Fsp3) is 0.125. The number of nitrogens with one attached hydrogen (secondary N) is 1. The molecule has 0 saturated carbocycles. The van der Waals surface area contributed by atoms with Crippen LogP contribution in [0.1, 0.15) is 5.89 Å². The highest BCUT2D eigenvalue weighted by atomic mass is 79.9. The number of pyridine rings is 1. The van der Waals surface area contributed by atoms with Crippen LogP contribution in [0.25, 0.3) is 0 Å². The van der Waals surface area contributed by atoms with Gasteiger partial charge in [-0.2, -0.15) is 0 Å². The number of hydrogen-bond donors (Lipinski definition) is 1. The molecule has 96 valence electrons. The number of nitrogens with zero attached hydrogens (tertiary/aromatic N) is 3. The van der Waals surface area contributed by atoms with Crippen LogP contribution >= 0.6 is 27.5 Å². The van der Waals surface area contributed by atoms with Gasteiger partial charge < -0.3 is 4.42 Å². The third-order valence-corrected chi connectivity index (χ3v) is 3.99. The Morgan fingerprint density at radius 2 is 2.17 bits per heavy atom. The number of aryl methyl sites for hydroxylation is 1. The molecule has 0 unspecified atom stereocenters. The summed E-state index contributed by atoms with van der Waals surface area (Å²) in [7, 11) is -3.92. The van der Waals surface area contributed by atoms with Crippen LogP contribution in [0, 0.1) is 6.92 Å². The fourth-order valence-corrected chi connectivity index (χ4v) is 2.97. The van der Waals surface area contributed by atoms with E-state index in [0.717, 1.165) is 0 Å². The fourth-order valence-electron chi connectivity index (χ4n) is 1.10. The summed E-state index contributed by atoms with van der Waals surface area (Å²) in [5, 5.41) is 6.88. The van der Waals surface area contributed by atoms with Crippen molar-refractivity contribution in [2.75, 3.05) is 4.72 Å². The summed E-state index contributed by atoms with van der Waals surface area (Å²) in [5.41, 5.74) is 0. The first kappa shape index (κ1) is 13.2. The van der Waals surface area contributed by atoms with Crippen LogP contribution in [0.4, 0.5) is 6.01 Å². The molecule has 0 fully saturated rings. The molecule has 0 aliphatic carbocycles. The van der Waals surface area contributed by atoms with Crippen LogP contribution in [0.2, 0.25) is 5.15 Å². The molecule has 2 aromatic rings. The van der Waals surface area contributed by atoms with Crippen LogP contribution in [0.5, 0.6) is 0 Å². The van der Waals surface area contributed by atoms with Gasteiger partial charge in [-0.25, -0.2) is 18.1 Å². The molecular formula is C8H6BrClN4O3S. The van der Waals surface area contributed by atoms with E-state index in [2.05, 4.69) is 35.8 Å². The predicted molar refractivity (Wildman–Crippen MR) is 66.8 cm³/mol. The van der Waals surface area contributed by atoms with Gasteiger partial charge in [-0.3, -0.25) is 0 Å². The number of hydrogen-bond acceptors (Lipinski definition) is 6. The summed E-state index contributed by atoms with van der Waals surface area (Å²) < 4.78 is 31.5. The van der Waals surface area contributed by atoms with Crippen molar-refractivity contribution in [3.63, 3.8) is 0 Å². The van der Waals surface area contributed by atoms with Gasteiger partial charge in [0, 0.05) is 17.6 Å². The van der Waals surface area contributed by atoms with Gasteiger partial charge in [0.2, 0.25) is 5.89 Å². The van der Waals surface area contributed by atoms with Gasteiger partial charge in [-0.1, -0.05) is 16.7 Å². The molecule has 18 heavy (non-hydrogen) atoms. The second-order valence-electron chi connectivity index (χ2n) is 3.17. The first-order valence-corrected chi connectivity index (χ1v) is 7.18. The Kier molecular flexibility index (Phi) is 3.55. The highest BCUT2D eigenvalue weighted by Gasteiger charge is 2.21. The molecule has 2 heterocycles. The van der Waals surface area contributed by atoms with E-state index in [9.17, 15) is 8.42 Å². The molecule has 0 atom stereocenters. The number of anilines is 1. The lowest BCUT2D eigenvalue weighted by atomic mass is 10.5. The van der Waals surface area contributed by atoms with E-state index in [-0.39, 0.29) is 22.0 Å². The van der Waals surface area contributed by atoms with Gasteiger partial charge >= 0.3 is 6.01 Å². The largest absolute Gasteiger partial charge is 0.408 e. The standard InChI is InChI=1S/C8H6BrClN4O3S/c1-4-12-13-8(17-4)14-18(15,16)6-2-5(9)3-11-7(6)10/h2-3H,1H3,(H,13,14). The molecule has 2 rings (SSSR count). The maximum Gasteiger partial charge on any atom is 0.329 e. The summed E-state index contributed by atoms with van der Waals surface area (Å²) in [6.07, 6.45) is 1.39. The first-order valence-electron chi connectivity index (χ1n) is 4.52. The van der Waals surface area contributed by atoms with E-state index >= 15 is 0 Å². The van der Waals surface area contributed by atoms with Crippen molar-refractivity contribution < 1.29 is 12.8 Å². The van der Waals surface area contributed by atoms with Crippen molar-refractivity contribution in [2.45, 2.75) is 11.8 Å². The molecule has 10 heteroatoms. The SMILES string of the molecule is Cc1nnc(NS(=O)(=O)c2cc(Br)cnc2Cl)o1. The average Bonchev–Trinajstić information content (AvgIpc) is 2.66. The van der Waals surface area contributed by atoms with E-state index in [4.69, 9.17) is 16.0 Å². The van der Waals surface area contributed by atoms with Crippen molar-refractivity contribution in [1.82, 2.24) is 15.2 Å². The third kappa shape index (κ3) is 2.79. The second-order valence-corrected chi connectivity index (χ2v) is 6.10. The summed E-state index contributed by atoms with van der Waals surface area (Å²) >= 11 is 8.85. The molecule has 0 aliphatic heterocycles. The molecular weight excluding hydrogens is 348 g/mol. The maximum atomic E-state index is 12.0. The molecule has 7 nitrogen and oxygen atoms in total. The van der Waals surface area contributed by atoms with E-state index in [0.29, 0.717) is 4.47 Å². The summed E-state index contributed by atoms with van der Waals surface area (Å²) in [6, 6.07) is 1.09. The van der Waals surface area contributed by atoms with Gasteiger partial charge in [0.15, 0.2) is 0 Å². The Morgan fingerprint density at radius 1 is 1.44 bits per heavy atom. The van der Waals surface area contributed by atoms with Crippen LogP contribution in [-0.2, 0) is 10.0 Å². The third-order valence-electron chi connectivity index (χ3n) is 1.81. The zero-order valence-corrected chi connectivity index (χ0v) is 12.0. The van der Waals surface area contributed by atoms with Crippen LogP contribution < -0.4 is 4.72 Å². The lowest BCUT2D eigenvalue weighted by Crippen LogP contribution is -2.14. The zero-order valence-electron chi connectivity index (χ0n) is 8.89. The Balaban J connectivity index is 2.39. The van der Waals surface area contributed by atoms with Crippen LogP contribution in [0.15, 0.2) is 26.0 Å². The van der Waals surface area contributed by atoms with Gasteiger partial charge in [-0.15, -0.1) is 5.10 Å². The molecule has 0 saturated heterocycles. The number of aromatic nitrogens is 3. The average molecular weight is 354 g/mol. The summed E-state index contributed by atoms with van der Waals surface area (Å²) in [4.78, 5) is 3.54. The number of rotatable bonds is 3. The Bertz CT molecular complexity index is 687. The minimum atomic E-state index is -3.92. The van der Waals surface area contributed by atoms with Crippen LogP contribution in [0.3, 0.4) is 0 Å². The molecule has 0 amide bonds. The van der Waals surface area contributed by atoms with E-state index in [1.165, 1.54) is 12.3 Å². The van der Waals surface area contributed by atoms with E-state index in [1.54, 1.807) is 6.92 Å². The topological polar surface area (TPSA) is 98.0 Å². The number of sulfonamides is 1. The molecule has 1 N–H and O–H groups in total. The van der Waals surface area contributed by atoms with Crippen molar-refractivity contribution in [3.05, 3.63) is 27.8 Å². The van der Waals surface area contributed by atoms with E-state index < -0.39 is 10.0 Å². The van der Waals surface area contributed by atoms with Gasteiger partial charge in [0.1, 0.15) is 10.0 Å². The quantitative estimate of drug-likeness (QED) is 0.847. The van der Waals surface area contributed by atoms with Crippen molar-refractivity contribution >= 4 is 43.6 Å². The Hall–Kier alpha value is -1.19. The highest BCUT2D eigenvalue weighted by molar-refractivity contribution is 9.10. The zero-order chi connectivity index (χ0) is 13.3. The smallest absolute Gasteiger partial charge is 0.329 e. The maximum absolute atomic E-state index is 12.0. The van der Waals surface area contributed by atoms with Gasteiger partial charge in [-0.05, 0) is 22.0 Å². The monoisotopic (exact) mass is 352 g/mol. The molecule has 0 aromatic carbocycles. The van der Waals surface area contributed by atoms with Crippen molar-refractivity contribution in [1.29, 1.82) is 0 Å². The minimum absolute atomic E-state index is 0.151. The summed E-state index contributed by atoms with van der Waals surface area (Å²) in [5.74, 6) is 0.242. The van der Waals surface area contributed by atoms with Crippen molar-refractivity contribution in [2.24, 2.45) is 0 Å². The molecule has 0 radical (unpaired) electrons. The second kappa shape index (κ2) is 4.82. The normalized spacial score (nSPS) is 11.5. The molecule has 0 spiro atoms. The predicted octanol–water partition coefficient (Wildman–Crippen LogP) is 1.99. The summed E-state index contributed by atoms with van der Waals surface area (Å²) in [6.45, 7) is 1.54. The Morgan fingerprint density at radius 3 is 2.78 bits per heavy atom. The lowest BCUT2D eigenvalue weighted by Gasteiger charge is -2.05. The molecule has 2 aromatic heterocycles. The minimum Gasteiger partial charge on any atom is -0.408 e. The van der Waals surface area contributed by atoms with Crippen LogP contribution in [-0.4, -0.2) is 23.6 Å². The highest BCUT2D eigenvalue weighted by Crippen LogP contribution is 2.24.